The van der Waals surface area contributed by atoms with Gasteiger partial charge in [-0.25, -0.2) is 23.6 Å². The van der Waals surface area contributed by atoms with E-state index in [4.69, 9.17) is 5.84 Å². The van der Waals surface area contributed by atoms with E-state index in [0.29, 0.717) is 5.69 Å². The highest BCUT2D eigenvalue weighted by molar-refractivity contribution is 7.90. The second kappa shape index (κ2) is 5.39. The Kier molecular flexibility index (Phi) is 3.81. The van der Waals surface area contributed by atoms with Gasteiger partial charge in [0.25, 0.3) is 0 Å². The maximum Gasteiger partial charge on any atom is 0.239 e. The topological polar surface area (TPSA) is 110 Å². The van der Waals surface area contributed by atoms with Crippen molar-refractivity contribution in [2.45, 2.75) is 4.90 Å². The normalized spacial score (nSPS) is 11.2. The number of hydrogen-bond donors (Lipinski definition) is 3. The van der Waals surface area contributed by atoms with E-state index in [1.807, 2.05) is 0 Å². The van der Waals surface area contributed by atoms with Gasteiger partial charge in [-0.1, -0.05) is 0 Å². The smallest absolute Gasteiger partial charge is 0.239 e. The van der Waals surface area contributed by atoms with Crippen LogP contribution in [0.3, 0.4) is 0 Å². The Bertz CT molecular complexity index is 718. The Balaban J connectivity index is 2.26. The van der Waals surface area contributed by atoms with Gasteiger partial charge in [0.2, 0.25) is 5.95 Å². The number of nitrogens with one attached hydrogen (secondary N) is 2. The average Bonchev–Trinajstić information content (AvgIpc) is 2.41. The number of aromatic nitrogens is 2. The fourth-order valence-corrected chi connectivity index (χ4v) is 2.08. The Hall–Kier alpha value is -2.26. The SMILES string of the molecule is CS(=O)(=O)c1ccc(Nc2nc(NN)ncc2F)cc1. The molecule has 106 valence electrons. The van der Waals surface area contributed by atoms with Gasteiger partial charge >= 0.3 is 0 Å². The summed E-state index contributed by atoms with van der Waals surface area (Å²) in [5, 5.41) is 2.71. The summed E-state index contributed by atoms with van der Waals surface area (Å²) in [4.78, 5) is 7.59. The lowest BCUT2D eigenvalue weighted by Gasteiger charge is -2.08. The number of nitrogen functional groups attached to an aromatic ring is 1. The van der Waals surface area contributed by atoms with E-state index in [1.165, 1.54) is 24.3 Å². The van der Waals surface area contributed by atoms with Gasteiger partial charge < -0.3 is 5.32 Å². The molecule has 4 N–H and O–H groups in total. The van der Waals surface area contributed by atoms with Crippen LogP contribution in [0.1, 0.15) is 0 Å². The Morgan fingerprint density at radius 1 is 1.25 bits per heavy atom. The first-order valence-corrected chi connectivity index (χ1v) is 7.35. The fraction of sp³-hybridized carbons (Fsp3) is 0.0909. The lowest BCUT2D eigenvalue weighted by molar-refractivity contribution is 0.602. The number of sulfone groups is 1. The summed E-state index contributed by atoms with van der Waals surface area (Å²) >= 11 is 0. The monoisotopic (exact) mass is 297 g/mol. The van der Waals surface area contributed by atoms with Crippen LogP contribution in [0.25, 0.3) is 0 Å². The van der Waals surface area contributed by atoms with E-state index < -0.39 is 15.7 Å². The van der Waals surface area contributed by atoms with E-state index >= 15 is 0 Å². The molecule has 9 heteroatoms. The Morgan fingerprint density at radius 3 is 2.45 bits per heavy atom. The van der Waals surface area contributed by atoms with Crippen LogP contribution in [0.2, 0.25) is 0 Å². The van der Waals surface area contributed by atoms with Crippen LogP contribution in [0.5, 0.6) is 0 Å². The van der Waals surface area contributed by atoms with Crippen LogP contribution in [0, 0.1) is 5.82 Å². The molecule has 0 aliphatic heterocycles. The van der Waals surface area contributed by atoms with E-state index in [-0.39, 0.29) is 16.7 Å². The van der Waals surface area contributed by atoms with Gasteiger partial charge in [0, 0.05) is 11.9 Å². The van der Waals surface area contributed by atoms with Crippen molar-refractivity contribution in [3.63, 3.8) is 0 Å². The van der Waals surface area contributed by atoms with E-state index in [9.17, 15) is 12.8 Å². The predicted molar refractivity (Wildman–Crippen MR) is 72.6 cm³/mol. The predicted octanol–water partition coefficient (Wildman–Crippen LogP) is 1.05. The highest BCUT2D eigenvalue weighted by Crippen LogP contribution is 2.20. The molecule has 0 bridgehead atoms. The molecule has 1 aromatic carbocycles. The second-order valence-electron chi connectivity index (χ2n) is 3.96. The molecule has 1 aromatic heterocycles. The first-order valence-electron chi connectivity index (χ1n) is 5.46. The van der Waals surface area contributed by atoms with Gasteiger partial charge in [-0.3, -0.25) is 5.43 Å². The van der Waals surface area contributed by atoms with Crippen LogP contribution < -0.4 is 16.6 Å². The molecule has 0 aliphatic rings. The maximum absolute atomic E-state index is 13.5. The highest BCUT2D eigenvalue weighted by Gasteiger charge is 2.09. The van der Waals surface area contributed by atoms with E-state index in [1.54, 1.807) is 0 Å². The Morgan fingerprint density at radius 2 is 1.90 bits per heavy atom. The van der Waals surface area contributed by atoms with E-state index in [2.05, 4.69) is 20.7 Å². The summed E-state index contributed by atoms with van der Waals surface area (Å²) in [6.07, 6.45) is 2.08. The van der Waals surface area contributed by atoms with Gasteiger partial charge in [0.05, 0.1) is 11.1 Å². The first kappa shape index (κ1) is 14.2. The quantitative estimate of drug-likeness (QED) is 0.571. The molecule has 7 nitrogen and oxygen atoms in total. The van der Waals surface area contributed by atoms with Gasteiger partial charge in [0.1, 0.15) is 0 Å². The molecule has 0 radical (unpaired) electrons. The number of hydrogen-bond acceptors (Lipinski definition) is 7. The second-order valence-corrected chi connectivity index (χ2v) is 5.97. The number of halogens is 1. The number of nitrogens with zero attached hydrogens (tertiary/aromatic N) is 2. The van der Waals surface area contributed by atoms with Crippen molar-refractivity contribution in [1.82, 2.24) is 9.97 Å². The third-order valence-corrected chi connectivity index (χ3v) is 3.55. The minimum Gasteiger partial charge on any atom is -0.338 e. The minimum absolute atomic E-state index is 0.0571. The van der Waals surface area contributed by atoms with Crippen LogP contribution in [-0.2, 0) is 9.84 Å². The summed E-state index contributed by atoms with van der Waals surface area (Å²) in [6.45, 7) is 0. The number of hydrazine groups is 1. The summed E-state index contributed by atoms with van der Waals surface area (Å²) in [7, 11) is -3.27. The fourth-order valence-electron chi connectivity index (χ4n) is 1.45. The number of rotatable bonds is 4. The molecular formula is C11H12FN5O2S. The van der Waals surface area contributed by atoms with Crippen molar-refractivity contribution in [2.75, 3.05) is 17.0 Å². The zero-order valence-electron chi connectivity index (χ0n) is 10.5. The molecule has 0 fully saturated rings. The van der Waals surface area contributed by atoms with E-state index in [0.717, 1.165) is 12.5 Å². The standard InChI is InChI=1S/C11H12FN5O2S/c1-20(18,19)8-4-2-7(3-5-8)15-10-9(12)6-14-11(16-10)17-13/h2-6H,13H2,1H3,(H2,14,15,16,17). The zero-order chi connectivity index (χ0) is 14.8. The molecule has 2 aromatic rings. The Labute approximate surface area is 114 Å². The van der Waals surface area contributed by atoms with Crippen molar-refractivity contribution in [3.8, 4) is 0 Å². The van der Waals surface area contributed by atoms with Crippen molar-refractivity contribution in [3.05, 3.63) is 36.3 Å². The molecule has 0 atom stereocenters. The summed E-state index contributed by atoms with van der Waals surface area (Å²) in [6, 6.07) is 5.85. The molecule has 0 amide bonds. The molecule has 0 saturated carbocycles. The lowest BCUT2D eigenvalue weighted by Crippen LogP contribution is -2.12. The molecule has 0 aliphatic carbocycles. The number of nitrogens with two attached hydrogens (primary N) is 1. The molecule has 2 rings (SSSR count). The van der Waals surface area contributed by atoms with Crippen molar-refractivity contribution in [1.29, 1.82) is 0 Å². The molecular weight excluding hydrogens is 285 g/mol. The number of benzene rings is 1. The molecule has 0 saturated heterocycles. The maximum atomic E-state index is 13.5. The summed E-state index contributed by atoms with van der Waals surface area (Å²) in [5.74, 6) is 4.47. The summed E-state index contributed by atoms with van der Waals surface area (Å²) in [5.41, 5.74) is 2.69. The van der Waals surface area contributed by atoms with Gasteiger partial charge in [-0.2, -0.15) is 4.98 Å². The molecule has 0 unspecified atom stereocenters. The largest absolute Gasteiger partial charge is 0.338 e. The van der Waals surface area contributed by atoms with Crippen LogP contribution >= 0.6 is 0 Å². The van der Waals surface area contributed by atoms with Crippen LogP contribution in [-0.4, -0.2) is 24.6 Å². The summed E-state index contributed by atoms with van der Waals surface area (Å²) < 4.78 is 36.1. The van der Waals surface area contributed by atoms with Crippen LogP contribution in [0.4, 0.5) is 21.8 Å². The van der Waals surface area contributed by atoms with Gasteiger partial charge in [0.15, 0.2) is 21.5 Å². The number of anilines is 3. The van der Waals surface area contributed by atoms with Crippen molar-refractivity contribution >= 4 is 27.3 Å². The van der Waals surface area contributed by atoms with Gasteiger partial charge in [-0.05, 0) is 24.3 Å². The highest BCUT2D eigenvalue weighted by atomic mass is 32.2. The first-order chi connectivity index (χ1) is 9.40. The van der Waals surface area contributed by atoms with Gasteiger partial charge in [-0.15, -0.1) is 0 Å². The van der Waals surface area contributed by atoms with Crippen molar-refractivity contribution in [2.24, 2.45) is 5.84 Å². The van der Waals surface area contributed by atoms with Crippen molar-refractivity contribution < 1.29 is 12.8 Å². The van der Waals surface area contributed by atoms with Crippen LogP contribution in [0.15, 0.2) is 35.4 Å². The third kappa shape index (κ3) is 3.19. The lowest BCUT2D eigenvalue weighted by atomic mass is 10.3. The average molecular weight is 297 g/mol. The zero-order valence-corrected chi connectivity index (χ0v) is 11.3. The molecule has 0 spiro atoms. The molecule has 20 heavy (non-hydrogen) atoms. The molecule has 1 heterocycles. The minimum atomic E-state index is -3.27. The third-order valence-electron chi connectivity index (χ3n) is 2.42.